The summed E-state index contributed by atoms with van der Waals surface area (Å²) >= 11 is 0. The molecule has 0 saturated carbocycles. The molecule has 6 heteroatoms. The fourth-order valence-electron chi connectivity index (χ4n) is 2.45. The molecule has 0 aliphatic heterocycles. The van der Waals surface area contributed by atoms with Crippen LogP contribution >= 0.6 is 0 Å². The number of nitrogens with zero attached hydrogens (tertiary/aromatic N) is 3. The van der Waals surface area contributed by atoms with E-state index in [1.165, 1.54) is 5.56 Å². The number of hydrogen-bond donors (Lipinski definition) is 2. The molecular weight excluding hydrogens is 326 g/mol. The third-order valence-electron chi connectivity index (χ3n) is 3.84. The number of benzene rings is 1. The molecule has 0 amide bonds. The first-order valence-electron chi connectivity index (χ1n) is 9.23. The van der Waals surface area contributed by atoms with Crippen molar-refractivity contribution in [1.29, 1.82) is 0 Å². The Balaban J connectivity index is 1.96. The predicted molar refractivity (Wildman–Crippen MR) is 106 cm³/mol. The van der Waals surface area contributed by atoms with Crippen molar-refractivity contribution < 1.29 is 4.74 Å². The Morgan fingerprint density at radius 2 is 1.96 bits per heavy atom. The number of aromatic nitrogens is 2. The summed E-state index contributed by atoms with van der Waals surface area (Å²) in [6, 6.07) is 8.38. The largest absolute Gasteiger partial charge is 0.493 e. The second-order valence-corrected chi connectivity index (χ2v) is 6.86. The van der Waals surface area contributed by atoms with Gasteiger partial charge in [0, 0.05) is 25.4 Å². The molecule has 2 aromatic rings. The summed E-state index contributed by atoms with van der Waals surface area (Å²) in [4.78, 5) is 4.65. The van der Waals surface area contributed by atoms with Crippen LogP contribution < -0.4 is 15.4 Å². The van der Waals surface area contributed by atoms with Crippen LogP contribution in [0.5, 0.6) is 5.75 Å². The van der Waals surface area contributed by atoms with E-state index in [9.17, 15) is 0 Å². The molecule has 26 heavy (non-hydrogen) atoms. The second kappa shape index (κ2) is 9.85. The van der Waals surface area contributed by atoms with E-state index in [1.54, 1.807) is 4.68 Å². The van der Waals surface area contributed by atoms with E-state index in [2.05, 4.69) is 60.6 Å². The van der Waals surface area contributed by atoms with E-state index in [0.29, 0.717) is 12.5 Å². The molecule has 0 aliphatic rings. The standard InChI is InChI=1S/C20H31N5O/c1-6-21-20(22-11-17-12-23-25(5)13-17)24-16(4)18-7-9-19(10-8-18)26-14-15(2)3/h7-10,12-13,15-16H,6,11,14H2,1-5H3,(H2,21,22,24). The van der Waals surface area contributed by atoms with Crippen LogP contribution in [0.2, 0.25) is 0 Å². The maximum absolute atomic E-state index is 5.75. The van der Waals surface area contributed by atoms with Gasteiger partial charge in [-0.3, -0.25) is 4.68 Å². The van der Waals surface area contributed by atoms with Crippen LogP contribution in [0.4, 0.5) is 0 Å². The zero-order valence-electron chi connectivity index (χ0n) is 16.5. The molecule has 0 fully saturated rings. The Morgan fingerprint density at radius 1 is 1.23 bits per heavy atom. The van der Waals surface area contributed by atoms with Crippen LogP contribution in [0.1, 0.15) is 44.9 Å². The Hall–Kier alpha value is -2.50. The Morgan fingerprint density at radius 3 is 2.54 bits per heavy atom. The van der Waals surface area contributed by atoms with E-state index in [4.69, 9.17) is 4.74 Å². The zero-order chi connectivity index (χ0) is 18.9. The summed E-state index contributed by atoms with van der Waals surface area (Å²) in [5.74, 6) is 2.23. The number of guanidine groups is 1. The fourth-order valence-corrected chi connectivity index (χ4v) is 2.45. The first-order valence-corrected chi connectivity index (χ1v) is 9.23. The lowest BCUT2D eigenvalue weighted by molar-refractivity contribution is 0.271. The van der Waals surface area contributed by atoms with Crippen molar-refractivity contribution in [3.8, 4) is 5.75 Å². The molecule has 1 heterocycles. The number of rotatable bonds is 8. The summed E-state index contributed by atoms with van der Waals surface area (Å²) in [5, 5.41) is 10.9. The van der Waals surface area contributed by atoms with Gasteiger partial charge in [0.05, 0.1) is 25.4 Å². The molecule has 142 valence electrons. The molecule has 0 saturated heterocycles. The Kier molecular flexibility index (Phi) is 7.51. The van der Waals surface area contributed by atoms with Crippen molar-refractivity contribution in [2.24, 2.45) is 18.0 Å². The van der Waals surface area contributed by atoms with Crippen LogP contribution in [0.3, 0.4) is 0 Å². The minimum absolute atomic E-state index is 0.140. The zero-order valence-corrected chi connectivity index (χ0v) is 16.5. The summed E-state index contributed by atoms with van der Waals surface area (Å²) in [5.41, 5.74) is 2.28. The quantitative estimate of drug-likeness (QED) is 0.562. The van der Waals surface area contributed by atoms with Gasteiger partial charge in [-0.05, 0) is 37.5 Å². The average Bonchev–Trinajstić information content (AvgIpc) is 3.04. The summed E-state index contributed by atoms with van der Waals surface area (Å²) in [6.45, 7) is 10.6. The fraction of sp³-hybridized carbons (Fsp3) is 0.500. The van der Waals surface area contributed by atoms with E-state index < -0.39 is 0 Å². The molecule has 0 aliphatic carbocycles. The lowest BCUT2D eigenvalue weighted by Crippen LogP contribution is -2.38. The SMILES string of the molecule is CCNC(=NCc1cnn(C)c1)NC(C)c1ccc(OCC(C)C)cc1. The number of nitrogens with one attached hydrogen (secondary N) is 2. The molecule has 0 bridgehead atoms. The highest BCUT2D eigenvalue weighted by Gasteiger charge is 2.08. The van der Waals surface area contributed by atoms with Crippen molar-refractivity contribution in [1.82, 2.24) is 20.4 Å². The molecule has 1 aromatic carbocycles. The highest BCUT2D eigenvalue weighted by molar-refractivity contribution is 5.80. The smallest absolute Gasteiger partial charge is 0.192 e. The van der Waals surface area contributed by atoms with Crippen LogP contribution in [0, 0.1) is 5.92 Å². The van der Waals surface area contributed by atoms with Crippen LogP contribution in [-0.4, -0.2) is 28.9 Å². The van der Waals surface area contributed by atoms with Crippen molar-refractivity contribution in [3.05, 3.63) is 47.8 Å². The molecule has 1 atom stereocenters. The molecular formula is C20H31N5O. The molecule has 0 radical (unpaired) electrons. The molecule has 2 N–H and O–H groups in total. The van der Waals surface area contributed by atoms with Gasteiger partial charge in [-0.2, -0.15) is 5.10 Å². The highest BCUT2D eigenvalue weighted by atomic mass is 16.5. The lowest BCUT2D eigenvalue weighted by Gasteiger charge is -2.18. The maximum atomic E-state index is 5.75. The summed E-state index contributed by atoms with van der Waals surface area (Å²) < 4.78 is 7.54. The third kappa shape index (κ3) is 6.43. The van der Waals surface area contributed by atoms with Crippen molar-refractivity contribution in [2.45, 2.75) is 40.3 Å². The predicted octanol–water partition coefficient (Wildman–Crippen LogP) is 3.27. The van der Waals surface area contributed by atoms with Crippen LogP contribution in [0.15, 0.2) is 41.7 Å². The van der Waals surface area contributed by atoms with E-state index >= 15 is 0 Å². The first-order chi connectivity index (χ1) is 12.5. The van der Waals surface area contributed by atoms with Gasteiger partial charge in [0.15, 0.2) is 5.96 Å². The number of hydrogen-bond acceptors (Lipinski definition) is 3. The van der Waals surface area contributed by atoms with Crippen LogP contribution in [0.25, 0.3) is 0 Å². The average molecular weight is 358 g/mol. The second-order valence-electron chi connectivity index (χ2n) is 6.86. The van der Waals surface area contributed by atoms with Gasteiger partial charge >= 0.3 is 0 Å². The van der Waals surface area contributed by atoms with Gasteiger partial charge in [-0.1, -0.05) is 26.0 Å². The Labute approximate surface area is 156 Å². The van der Waals surface area contributed by atoms with E-state index in [-0.39, 0.29) is 6.04 Å². The van der Waals surface area contributed by atoms with Gasteiger partial charge in [0.1, 0.15) is 5.75 Å². The normalized spacial score (nSPS) is 12.9. The minimum Gasteiger partial charge on any atom is -0.493 e. The van der Waals surface area contributed by atoms with Crippen molar-refractivity contribution >= 4 is 5.96 Å². The minimum atomic E-state index is 0.140. The number of aliphatic imine (C=N–C) groups is 1. The molecule has 1 aromatic heterocycles. The third-order valence-corrected chi connectivity index (χ3v) is 3.84. The van der Waals surface area contributed by atoms with E-state index in [0.717, 1.165) is 30.4 Å². The van der Waals surface area contributed by atoms with Gasteiger partial charge < -0.3 is 15.4 Å². The lowest BCUT2D eigenvalue weighted by atomic mass is 10.1. The number of ether oxygens (including phenoxy) is 1. The first kappa shape index (κ1) is 19.8. The molecule has 6 nitrogen and oxygen atoms in total. The van der Waals surface area contributed by atoms with Gasteiger partial charge in [0.2, 0.25) is 0 Å². The monoisotopic (exact) mass is 357 g/mol. The van der Waals surface area contributed by atoms with Gasteiger partial charge in [0.25, 0.3) is 0 Å². The number of aryl methyl sites for hydroxylation is 1. The van der Waals surface area contributed by atoms with Gasteiger partial charge in [-0.25, -0.2) is 4.99 Å². The summed E-state index contributed by atoms with van der Waals surface area (Å²) in [7, 11) is 1.91. The summed E-state index contributed by atoms with van der Waals surface area (Å²) in [6.07, 6.45) is 3.82. The molecule has 2 rings (SSSR count). The van der Waals surface area contributed by atoms with Crippen molar-refractivity contribution in [3.63, 3.8) is 0 Å². The molecule has 1 unspecified atom stereocenters. The highest BCUT2D eigenvalue weighted by Crippen LogP contribution is 2.18. The van der Waals surface area contributed by atoms with Crippen LogP contribution in [-0.2, 0) is 13.6 Å². The van der Waals surface area contributed by atoms with E-state index in [1.807, 2.05) is 31.6 Å². The Bertz CT molecular complexity index is 690. The van der Waals surface area contributed by atoms with Gasteiger partial charge in [-0.15, -0.1) is 0 Å². The topological polar surface area (TPSA) is 63.5 Å². The maximum Gasteiger partial charge on any atom is 0.192 e. The van der Waals surface area contributed by atoms with Crippen molar-refractivity contribution in [2.75, 3.05) is 13.2 Å². The molecule has 0 spiro atoms.